The second-order valence-electron chi connectivity index (χ2n) is 4.54. The molecule has 0 bridgehead atoms. The van der Waals surface area contributed by atoms with Crippen LogP contribution in [0, 0.1) is 0 Å². The average Bonchev–Trinajstić information content (AvgIpc) is 2.31. The van der Waals surface area contributed by atoms with Gasteiger partial charge in [-0.1, -0.05) is 17.7 Å². The van der Waals surface area contributed by atoms with Gasteiger partial charge in [0.2, 0.25) is 0 Å². The van der Waals surface area contributed by atoms with Gasteiger partial charge in [0.25, 0.3) is 0 Å². The van der Waals surface area contributed by atoms with Crippen molar-refractivity contribution >= 4 is 17.3 Å². The lowest BCUT2D eigenvalue weighted by molar-refractivity contribution is 0.154. The SMILES string of the molecule is CCOCCN(C)c1cccc(Cl)c1CC(C)N. The molecule has 0 aliphatic heterocycles. The van der Waals surface area contributed by atoms with E-state index in [1.165, 1.54) is 0 Å². The zero-order chi connectivity index (χ0) is 13.5. The average molecular weight is 271 g/mol. The normalized spacial score (nSPS) is 12.5. The number of likely N-dealkylation sites (N-methyl/N-ethyl adjacent to an activating group) is 1. The Kier molecular flexibility index (Phi) is 6.47. The first-order chi connectivity index (χ1) is 8.56. The van der Waals surface area contributed by atoms with E-state index in [-0.39, 0.29) is 6.04 Å². The molecular formula is C14H23ClN2O. The lowest BCUT2D eigenvalue weighted by Crippen LogP contribution is -2.26. The van der Waals surface area contributed by atoms with Gasteiger partial charge in [0, 0.05) is 37.0 Å². The van der Waals surface area contributed by atoms with Crippen molar-refractivity contribution in [2.24, 2.45) is 5.73 Å². The minimum Gasteiger partial charge on any atom is -0.380 e. The van der Waals surface area contributed by atoms with Crippen LogP contribution >= 0.6 is 11.6 Å². The lowest BCUT2D eigenvalue weighted by Gasteiger charge is -2.24. The van der Waals surface area contributed by atoms with Crippen molar-refractivity contribution in [3.8, 4) is 0 Å². The number of hydrogen-bond donors (Lipinski definition) is 1. The fourth-order valence-electron chi connectivity index (χ4n) is 1.90. The van der Waals surface area contributed by atoms with Crippen LogP contribution in [0.2, 0.25) is 5.02 Å². The van der Waals surface area contributed by atoms with Crippen molar-refractivity contribution in [1.82, 2.24) is 0 Å². The van der Waals surface area contributed by atoms with Crippen LogP contribution in [-0.4, -0.2) is 32.8 Å². The molecule has 18 heavy (non-hydrogen) atoms. The molecule has 1 unspecified atom stereocenters. The molecule has 3 nitrogen and oxygen atoms in total. The Morgan fingerprint density at radius 3 is 2.78 bits per heavy atom. The molecule has 1 aromatic carbocycles. The van der Waals surface area contributed by atoms with E-state index in [4.69, 9.17) is 22.1 Å². The molecule has 0 aliphatic rings. The van der Waals surface area contributed by atoms with Gasteiger partial charge in [-0.15, -0.1) is 0 Å². The van der Waals surface area contributed by atoms with Crippen LogP contribution in [0.15, 0.2) is 18.2 Å². The molecule has 2 N–H and O–H groups in total. The molecule has 0 heterocycles. The number of rotatable bonds is 7. The highest BCUT2D eigenvalue weighted by atomic mass is 35.5. The van der Waals surface area contributed by atoms with Crippen LogP contribution in [0.3, 0.4) is 0 Å². The van der Waals surface area contributed by atoms with Crippen molar-refractivity contribution in [3.05, 3.63) is 28.8 Å². The van der Waals surface area contributed by atoms with E-state index in [1.807, 2.05) is 26.0 Å². The number of hydrogen-bond acceptors (Lipinski definition) is 3. The summed E-state index contributed by atoms with van der Waals surface area (Å²) in [5, 5.41) is 0.785. The Morgan fingerprint density at radius 1 is 1.44 bits per heavy atom. The number of halogens is 1. The molecule has 0 spiro atoms. The third-order valence-corrected chi connectivity index (χ3v) is 3.16. The van der Waals surface area contributed by atoms with Gasteiger partial charge in [0.15, 0.2) is 0 Å². The Labute approximate surface area is 115 Å². The van der Waals surface area contributed by atoms with Gasteiger partial charge >= 0.3 is 0 Å². The van der Waals surface area contributed by atoms with Crippen LogP contribution < -0.4 is 10.6 Å². The molecule has 0 aliphatic carbocycles. The number of anilines is 1. The van der Waals surface area contributed by atoms with E-state index in [1.54, 1.807) is 0 Å². The topological polar surface area (TPSA) is 38.5 Å². The summed E-state index contributed by atoms with van der Waals surface area (Å²) >= 11 is 6.27. The lowest BCUT2D eigenvalue weighted by atomic mass is 10.0. The minimum atomic E-state index is 0.101. The Balaban J connectivity index is 2.82. The third kappa shape index (κ3) is 4.48. The van der Waals surface area contributed by atoms with E-state index in [9.17, 15) is 0 Å². The van der Waals surface area contributed by atoms with Gasteiger partial charge < -0.3 is 15.4 Å². The summed E-state index contributed by atoms with van der Waals surface area (Å²) in [7, 11) is 2.05. The summed E-state index contributed by atoms with van der Waals surface area (Å²) in [6, 6.07) is 6.07. The second-order valence-corrected chi connectivity index (χ2v) is 4.94. The summed E-state index contributed by atoms with van der Waals surface area (Å²) < 4.78 is 5.38. The quantitative estimate of drug-likeness (QED) is 0.775. The highest BCUT2D eigenvalue weighted by Crippen LogP contribution is 2.27. The summed E-state index contributed by atoms with van der Waals surface area (Å²) in [5.41, 5.74) is 8.14. The molecule has 4 heteroatoms. The predicted molar refractivity (Wildman–Crippen MR) is 78.6 cm³/mol. The number of nitrogens with zero attached hydrogens (tertiary/aromatic N) is 1. The van der Waals surface area contributed by atoms with Crippen LogP contribution in [0.5, 0.6) is 0 Å². The number of ether oxygens (including phenoxy) is 1. The summed E-state index contributed by atoms with van der Waals surface area (Å²) in [5.74, 6) is 0. The fourth-order valence-corrected chi connectivity index (χ4v) is 2.14. The molecule has 0 saturated heterocycles. The number of nitrogens with two attached hydrogens (primary N) is 1. The van der Waals surface area contributed by atoms with Crippen molar-refractivity contribution in [2.45, 2.75) is 26.3 Å². The molecule has 0 radical (unpaired) electrons. The smallest absolute Gasteiger partial charge is 0.0641 e. The fraction of sp³-hybridized carbons (Fsp3) is 0.571. The van der Waals surface area contributed by atoms with Crippen molar-refractivity contribution in [2.75, 3.05) is 31.7 Å². The van der Waals surface area contributed by atoms with Crippen LogP contribution in [0.25, 0.3) is 0 Å². The zero-order valence-electron chi connectivity index (χ0n) is 11.4. The van der Waals surface area contributed by atoms with E-state index in [0.29, 0.717) is 0 Å². The van der Waals surface area contributed by atoms with Crippen LogP contribution in [0.4, 0.5) is 5.69 Å². The maximum atomic E-state index is 6.27. The standard InChI is InChI=1S/C14H23ClN2O/c1-4-18-9-8-17(3)14-7-5-6-13(15)12(14)10-11(2)16/h5-7,11H,4,8-10,16H2,1-3H3. The number of benzene rings is 1. The second kappa shape index (κ2) is 7.62. The Morgan fingerprint density at radius 2 is 2.17 bits per heavy atom. The van der Waals surface area contributed by atoms with Gasteiger partial charge in [0.1, 0.15) is 0 Å². The van der Waals surface area contributed by atoms with E-state index >= 15 is 0 Å². The minimum absolute atomic E-state index is 0.101. The van der Waals surface area contributed by atoms with Crippen LogP contribution in [0.1, 0.15) is 19.4 Å². The molecule has 0 fully saturated rings. The van der Waals surface area contributed by atoms with E-state index in [2.05, 4.69) is 18.0 Å². The maximum absolute atomic E-state index is 6.27. The molecule has 0 amide bonds. The van der Waals surface area contributed by atoms with Crippen molar-refractivity contribution in [1.29, 1.82) is 0 Å². The molecule has 0 aromatic heterocycles. The Hall–Kier alpha value is -0.770. The molecule has 1 aromatic rings. The molecule has 102 valence electrons. The summed E-state index contributed by atoms with van der Waals surface area (Å²) in [6.07, 6.45) is 0.786. The van der Waals surface area contributed by atoms with Gasteiger partial charge in [0.05, 0.1) is 6.61 Å². The first-order valence-corrected chi connectivity index (χ1v) is 6.75. The first-order valence-electron chi connectivity index (χ1n) is 6.38. The monoisotopic (exact) mass is 270 g/mol. The maximum Gasteiger partial charge on any atom is 0.0641 e. The van der Waals surface area contributed by atoms with E-state index < -0.39 is 0 Å². The van der Waals surface area contributed by atoms with Gasteiger partial charge in [-0.3, -0.25) is 0 Å². The van der Waals surface area contributed by atoms with E-state index in [0.717, 1.165) is 42.5 Å². The van der Waals surface area contributed by atoms with Gasteiger partial charge in [-0.2, -0.15) is 0 Å². The third-order valence-electron chi connectivity index (χ3n) is 2.81. The molecule has 1 rings (SSSR count). The summed E-state index contributed by atoms with van der Waals surface area (Å²) in [4.78, 5) is 2.17. The first kappa shape index (κ1) is 15.3. The largest absolute Gasteiger partial charge is 0.380 e. The molecular weight excluding hydrogens is 248 g/mol. The highest BCUT2D eigenvalue weighted by Gasteiger charge is 2.12. The van der Waals surface area contributed by atoms with Crippen molar-refractivity contribution in [3.63, 3.8) is 0 Å². The van der Waals surface area contributed by atoms with Crippen LogP contribution in [-0.2, 0) is 11.2 Å². The van der Waals surface area contributed by atoms with Gasteiger partial charge in [-0.05, 0) is 38.0 Å². The Bertz CT molecular complexity index is 369. The van der Waals surface area contributed by atoms with Crippen molar-refractivity contribution < 1.29 is 4.74 Å². The predicted octanol–water partition coefficient (Wildman–Crippen LogP) is 2.70. The molecule has 1 atom stereocenters. The summed E-state index contributed by atoms with van der Waals surface area (Å²) in [6.45, 7) is 6.31. The zero-order valence-corrected chi connectivity index (χ0v) is 12.2. The van der Waals surface area contributed by atoms with Gasteiger partial charge in [-0.25, -0.2) is 0 Å². The molecule has 0 saturated carbocycles. The highest BCUT2D eigenvalue weighted by molar-refractivity contribution is 6.31.